The molecule has 12 heteroatoms. The first-order chi connectivity index (χ1) is 15.6. The molecule has 0 saturated carbocycles. The van der Waals surface area contributed by atoms with E-state index in [2.05, 4.69) is 15.5 Å². The highest BCUT2D eigenvalue weighted by atomic mass is 19.4. The minimum Gasteiger partial charge on any atom is -0.471 e. The summed E-state index contributed by atoms with van der Waals surface area (Å²) in [5, 5.41) is 10.8. The summed E-state index contributed by atoms with van der Waals surface area (Å²) in [7, 11) is 0. The molecule has 1 aromatic carbocycles. The number of nitrogens with zero attached hydrogens (tertiary/aromatic N) is 4. The Labute approximate surface area is 187 Å². The van der Waals surface area contributed by atoms with Crippen LogP contribution in [-0.4, -0.2) is 37.5 Å². The van der Waals surface area contributed by atoms with E-state index in [1.54, 1.807) is 13.8 Å². The van der Waals surface area contributed by atoms with Gasteiger partial charge in [0.2, 0.25) is 0 Å². The van der Waals surface area contributed by atoms with Crippen LogP contribution in [0.2, 0.25) is 0 Å². The molecule has 3 rings (SSSR count). The van der Waals surface area contributed by atoms with Gasteiger partial charge in [0.1, 0.15) is 5.75 Å². The van der Waals surface area contributed by atoms with E-state index in [0.717, 1.165) is 12.1 Å². The molecule has 0 fully saturated rings. The van der Waals surface area contributed by atoms with Crippen LogP contribution in [-0.2, 0) is 24.2 Å². The van der Waals surface area contributed by atoms with E-state index < -0.39 is 23.6 Å². The number of carbonyl (C=O) groups is 2. The summed E-state index contributed by atoms with van der Waals surface area (Å²) in [6.45, 7) is 5.47. The molecular formula is C21H22F3N5O4. The Morgan fingerprint density at radius 3 is 2.58 bits per heavy atom. The Hall–Kier alpha value is -3.83. The number of hydrogen-bond donors (Lipinski definition) is 1. The number of esters is 1. The smallest absolute Gasteiger partial charge is 0.416 e. The van der Waals surface area contributed by atoms with Crippen molar-refractivity contribution in [1.29, 1.82) is 0 Å². The van der Waals surface area contributed by atoms with E-state index in [1.807, 2.05) is 6.92 Å². The van der Waals surface area contributed by atoms with Crippen LogP contribution < -0.4 is 10.1 Å². The number of alkyl halides is 3. The maximum atomic E-state index is 12.8. The van der Waals surface area contributed by atoms with Crippen molar-refractivity contribution in [1.82, 2.24) is 19.6 Å². The van der Waals surface area contributed by atoms with Gasteiger partial charge in [0.15, 0.2) is 18.1 Å². The Kier molecular flexibility index (Phi) is 7.04. The Bertz CT molecular complexity index is 1140. The monoisotopic (exact) mass is 465 g/mol. The molecule has 0 aliphatic rings. The maximum absolute atomic E-state index is 12.8. The highest BCUT2D eigenvalue weighted by Crippen LogP contribution is 2.31. The third-order valence-corrected chi connectivity index (χ3v) is 4.27. The van der Waals surface area contributed by atoms with Crippen LogP contribution in [0.1, 0.15) is 47.3 Å². The van der Waals surface area contributed by atoms with E-state index in [0.29, 0.717) is 6.54 Å². The van der Waals surface area contributed by atoms with Crippen molar-refractivity contribution < 1.29 is 32.2 Å². The van der Waals surface area contributed by atoms with Gasteiger partial charge >= 0.3 is 12.1 Å². The van der Waals surface area contributed by atoms with Gasteiger partial charge in [0.25, 0.3) is 5.91 Å². The van der Waals surface area contributed by atoms with Crippen molar-refractivity contribution in [3.8, 4) is 5.75 Å². The highest BCUT2D eigenvalue weighted by Gasteiger charge is 2.30. The number of rotatable bonds is 8. The normalized spacial score (nSPS) is 11.5. The molecule has 0 aliphatic carbocycles. The summed E-state index contributed by atoms with van der Waals surface area (Å²) in [4.78, 5) is 24.9. The lowest BCUT2D eigenvalue weighted by molar-refractivity contribution is -0.137. The molecule has 9 nitrogen and oxygen atoms in total. The number of aryl methyl sites for hydroxylation is 1. The summed E-state index contributed by atoms with van der Waals surface area (Å²) in [5.41, 5.74) is -0.691. The second kappa shape index (κ2) is 9.76. The fourth-order valence-corrected chi connectivity index (χ4v) is 2.74. The standard InChI is InChI=1S/C21H22F3N5O4/c1-4-28-11-17(18(27-28)20(31)33-13(2)3)25-19(30)16-8-9-29(26-16)12-32-15-7-5-6-14(10-15)21(22,23)24/h5-11,13H,4,12H2,1-3H3,(H,25,30). The molecule has 0 spiro atoms. The largest absolute Gasteiger partial charge is 0.471 e. The number of hydrogen-bond acceptors (Lipinski definition) is 6. The Morgan fingerprint density at radius 1 is 1.15 bits per heavy atom. The van der Waals surface area contributed by atoms with Gasteiger partial charge in [-0.1, -0.05) is 6.07 Å². The molecule has 0 saturated heterocycles. The summed E-state index contributed by atoms with van der Waals surface area (Å²) < 4.78 is 51.7. The van der Waals surface area contributed by atoms with E-state index in [-0.39, 0.29) is 35.7 Å². The number of ether oxygens (including phenoxy) is 2. The van der Waals surface area contributed by atoms with Crippen molar-refractivity contribution >= 4 is 17.6 Å². The molecule has 3 aromatic rings. The number of amides is 1. The van der Waals surface area contributed by atoms with Crippen LogP contribution >= 0.6 is 0 Å². The molecule has 1 N–H and O–H groups in total. The average Bonchev–Trinajstić information content (AvgIpc) is 3.38. The molecule has 2 aromatic heterocycles. The lowest BCUT2D eigenvalue weighted by atomic mass is 10.2. The number of carbonyl (C=O) groups excluding carboxylic acids is 2. The third kappa shape index (κ3) is 6.11. The van der Waals surface area contributed by atoms with E-state index in [1.165, 1.54) is 40.0 Å². The SMILES string of the molecule is CCn1cc(NC(=O)c2ccn(COc3cccc(C(F)(F)F)c3)n2)c(C(=O)OC(C)C)n1. The molecule has 33 heavy (non-hydrogen) atoms. The molecular weight excluding hydrogens is 443 g/mol. The van der Waals surface area contributed by atoms with Gasteiger partial charge in [-0.2, -0.15) is 23.4 Å². The molecule has 0 bridgehead atoms. The van der Waals surface area contributed by atoms with Crippen LogP contribution in [0.3, 0.4) is 0 Å². The minimum absolute atomic E-state index is 0.00612. The van der Waals surface area contributed by atoms with Crippen LogP contribution in [0.5, 0.6) is 5.75 Å². The number of anilines is 1. The van der Waals surface area contributed by atoms with Crippen LogP contribution in [0.25, 0.3) is 0 Å². The van der Waals surface area contributed by atoms with Crippen LogP contribution in [0.15, 0.2) is 42.7 Å². The lowest BCUT2D eigenvalue weighted by Crippen LogP contribution is -2.18. The lowest BCUT2D eigenvalue weighted by Gasteiger charge is -2.10. The van der Waals surface area contributed by atoms with Crippen molar-refractivity contribution in [2.75, 3.05) is 5.32 Å². The maximum Gasteiger partial charge on any atom is 0.416 e. The van der Waals surface area contributed by atoms with Crippen molar-refractivity contribution in [3.63, 3.8) is 0 Å². The minimum atomic E-state index is -4.48. The second-order valence-electron chi connectivity index (χ2n) is 7.19. The zero-order valence-electron chi connectivity index (χ0n) is 18.1. The molecule has 0 unspecified atom stereocenters. The van der Waals surface area contributed by atoms with E-state index >= 15 is 0 Å². The van der Waals surface area contributed by atoms with Gasteiger partial charge in [0, 0.05) is 18.9 Å². The van der Waals surface area contributed by atoms with E-state index in [9.17, 15) is 22.8 Å². The molecule has 1 amide bonds. The van der Waals surface area contributed by atoms with Crippen LogP contribution in [0, 0.1) is 0 Å². The van der Waals surface area contributed by atoms with Gasteiger partial charge < -0.3 is 14.8 Å². The predicted octanol–water partition coefficient (Wildman–Crippen LogP) is 3.97. The fourth-order valence-electron chi connectivity index (χ4n) is 2.74. The number of aromatic nitrogens is 4. The first kappa shape index (κ1) is 23.8. The number of benzene rings is 1. The van der Waals surface area contributed by atoms with Gasteiger partial charge in [-0.15, -0.1) is 0 Å². The van der Waals surface area contributed by atoms with Gasteiger partial charge in [-0.05, 0) is 45.0 Å². The summed E-state index contributed by atoms with van der Waals surface area (Å²) in [6.07, 6.45) is -1.91. The summed E-state index contributed by atoms with van der Waals surface area (Å²) >= 11 is 0. The van der Waals surface area contributed by atoms with Crippen molar-refractivity contribution in [2.45, 2.75) is 46.3 Å². The van der Waals surface area contributed by atoms with Gasteiger partial charge in [0.05, 0.1) is 17.4 Å². The molecule has 0 radical (unpaired) electrons. The zero-order valence-corrected chi connectivity index (χ0v) is 18.1. The number of halogens is 3. The average molecular weight is 465 g/mol. The Balaban J connectivity index is 1.67. The quantitative estimate of drug-likeness (QED) is 0.506. The molecule has 176 valence electrons. The van der Waals surface area contributed by atoms with E-state index in [4.69, 9.17) is 9.47 Å². The predicted molar refractivity (Wildman–Crippen MR) is 111 cm³/mol. The highest BCUT2D eigenvalue weighted by molar-refractivity contribution is 6.06. The summed E-state index contributed by atoms with van der Waals surface area (Å²) in [5.74, 6) is -1.28. The number of nitrogens with one attached hydrogen (secondary N) is 1. The second-order valence-corrected chi connectivity index (χ2v) is 7.19. The topological polar surface area (TPSA) is 100 Å². The third-order valence-electron chi connectivity index (χ3n) is 4.27. The zero-order chi connectivity index (χ0) is 24.2. The molecule has 2 heterocycles. The molecule has 0 aliphatic heterocycles. The van der Waals surface area contributed by atoms with Crippen LogP contribution in [0.4, 0.5) is 18.9 Å². The molecule has 0 atom stereocenters. The van der Waals surface area contributed by atoms with Crippen molar-refractivity contribution in [3.05, 3.63) is 59.7 Å². The summed E-state index contributed by atoms with van der Waals surface area (Å²) in [6, 6.07) is 5.84. The fraction of sp³-hybridized carbons (Fsp3) is 0.333. The Morgan fingerprint density at radius 2 is 1.91 bits per heavy atom. The first-order valence-corrected chi connectivity index (χ1v) is 10.00. The van der Waals surface area contributed by atoms with Gasteiger partial charge in [-0.3, -0.25) is 9.48 Å². The van der Waals surface area contributed by atoms with Gasteiger partial charge in [-0.25, -0.2) is 9.48 Å². The van der Waals surface area contributed by atoms with Crippen molar-refractivity contribution in [2.24, 2.45) is 0 Å². The first-order valence-electron chi connectivity index (χ1n) is 10.00.